The lowest BCUT2D eigenvalue weighted by Gasteiger charge is -2.35. The van der Waals surface area contributed by atoms with E-state index in [1.54, 1.807) is 12.1 Å². The van der Waals surface area contributed by atoms with E-state index in [1.807, 2.05) is 6.92 Å². The molecule has 1 aromatic carbocycles. The highest BCUT2D eigenvalue weighted by Crippen LogP contribution is 2.30. The summed E-state index contributed by atoms with van der Waals surface area (Å²) in [6.45, 7) is 4.42. The van der Waals surface area contributed by atoms with Gasteiger partial charge in [-0.2, -0.15) is 30.2 Å². The Morgan fingerprint density at radius 3 is 2.35 bits per heavy atom. The highest BCUT2D eigenvalue weighted by Gasteiger charge is 2.30. The molecule has 1 aliphatic heterocycles. The van der Waals surface area contributed by atoms with Crippen LogP contribution in [0.1, 0.15) is 18.1 Å². The zero-order valence-corrected chi connectivity index (χ0v) is 15.9. The molecule has 1 fully saturated rings. The largest absolute Gasteiger partial charge is 0.416 e. The molecule has 146 valence electrons. The summed E-state index contributed by atoms with van der Waals surface area (Å²) in [5, 5.41) is 0. The summed E-state index contributed by atoms with van der Waals surface area (Å²) in [6, 6.07) is 5.22. The molecular weight excluding hydrogens is 367 g/mol. The average Bonchev–Trinajstić information content (AvgIpc) is 2.54. The normalized spacial score (nSPS) is 18.5. The summed E-state index contributed by atoms with van der Waals surface area (Å²) in [5.41, 5.74) is 0.765. The van der Waals surface area contributed by atoms with E-state index in [0.29, 0.717) is 38.3 Å². The molecule has 0 spiro atoms. The van der Waals surface area contributed by atoms with Gasteiger partial charge < -0.3 is 0 Å². The predicted octanol–water partition coefficient (Wildman–Crippen LogP) is 2.53. The number of hydrogen-bond acceptors (Lipinski definition) is 3. The molecule has 0 saturated carbocycles. The molecule has 1 saturated heterocycles. The van der Waals surface area contributed by atoms with Gasteiger partial charge >= 0.3 is 6.18 Å². The molecule has 1 heterocycles. The molecule has 0 bridgehead atoms. The van der Waals surface area contributed by atoms with Crippen LogP contribution in [0, 0.1) is 0 Å². The van der Waals surface area contributed by atoms with Crippen LogP contribution in [0.5, 0.6) is 0 Å². The van der Waals surface area contributed by atoms with Crippen molar-refractivity contribution in [1.82, 2.24) is 13.5 Å². The van der Waals surface area contributed by atoms with Gasteiger partial charge in [-0.05, 0) is 24.6 Å². The Hall–Kier alpha value is -1.42. The molecule has 1 aromatic rings. The van der Waals surface area contributed by atoms with Gasteiger partial charge in [0, 0.05) is 46.8 Å². The molecule has 0 atom stereocenters. The van der Waals surface area contributed by atoms with Crippen LogP contribution in [0.15, 0.2) is 29.8 Å². The van der Waals surface area contributed by atoms with E-state index in [0.717, 1.165) is 17.7 Å². The van der Waals surface area contributed by atoms with Crippen molar-refractivity contribution in [1.29, 1.82) is 0 Å². The molecule has 0 radical (unpaired) electrons. The Morgan fingerprint density at radius 2 is 1.81 bits per heavy atom. The van der Waals surface area contributed by atoms with Crippen LogP contribution < -0.4 is 0 Å². The van der Waals surface area contributed by atoms with Crippen LogP contribution in [-0.4, -0.2) is 68.7 Å². The van der Waals surface area contributed by atoms with E-state index in [2.05, 4.69) is 4.90 Å². The maximum atomic E-state index is 12.8. The van der Waals surface area contributed by atoms with Gasteiger partial charge in [-0.3, -0.25) is 4.90 Å². The number of benzene rings is 1. The third-order valence-electron chi connectivity index (χ3n) is 4.22. The summed E-state index contributed by atoms with van der Waals surface area (Å²) >= 11 is 0. The lowest BCUT2D eigenvalue weighted by molar-refractivity contribution is -0.137. The second-order valence-electron chi connectivity index (χ2n) is 6.58. The summed E-state index contributed by atoms with van der Waals surface area (Å²) in [7, 11) is -0.393. The van der Waals surface area contributed by atoms with E-state index in [-0.39, 0.29) is 0 Å². The molecule has 9 heteroatoms. The van der Waals surface area contributed by atoms with E-state index >= 15 is 0 Å². The van der Waals surface area contributed by atoms with Crippen LogP contribution in [0.25, 0.3) is 6.08 Å². The third-order valence-corrected chi connectivity index (χ3v) is 6.16. The fraction of sp³-hybridized carbons (Fsp3) is 0.529. The second kappa shape index (κ2) is 8.08. The Kier molecular flexibility index (Phi) is 6.49. The highest BCUT2D eigenvalue weighted by molar-refractivity contribution is 7.86. The maximum absolute atomic E-state index is 12.8. The molecule has 0 amide bonds. The molecule has 2 rings (SSSR count). The Balaban J connectivity index is 1.97. The number of nitrogens with zero attached hydrogens (tertiary/aromatic N) is 3. The summed E-state index contributed by atoms with van der Waals surface area (Å²) in [6.07, 6.45) is -2.62. The molecule has 0 N–H and O–H groups in total. The van der Waals surface area contributed by atoms with Crippen molar-refractivity contribution in [3.63, 3.8) is 0 Å². The first kappa shape index (κ1) is 20.9. The van der Waals surface area contributed by atoms with Gasteiger partial charge in [-0.25, -0.2) is 0 Å². The number of piperazine rings is 1. The van der Waals surface area contributed by atoms with Crippen molar-refractivity contribution >= 4 is 16.3 Å². The zero-order valence-electron chi connectivity index (χ0n) is 15.1. The van der Waals surface area contributed by atoms with E-state index in [4.69, 9.17) is 0 Å². The molecule has 0 aliphatic carbocycles. The Morgan fingerprint density at radius 1 is 1.19 bits per heavy atom. The van der Waals surface area contributed by atoms with Crippen molar-refractivity contribution in [2.24, 2.45) is 0 Å². The van der Waals surface area contributed by atoms with Crippen LogP contribution in [-0.2, 0) is 16.4 Å². The standard InChI is InChI=1S/C17H24F3N3O2S/c1-14(11-15-5-4-6-16(12-15)17(18,19)20)13-22-7-9-23(10-8-22)26(24,25)21(2)3/h4-6,11-12H,7-10,13H2,1-3H3/b14-11+. The first-order valence-corrected chi connectivity index (χ1v) is 9.64. The molecule has 0 unspecified atom stereocenters. The Bertz CT molecular complexity index is 753. The summed E-state index contributed by atoms with van der Waals surface area (Å²) in [5.74, 6) is 0. The molecule has 26 heavy (non-hydrogen) atoms. The van der Waals surface area contributed by atoms with Crippen molar-refractivity contribution in [2.45, 2.75) is 13.1 Å². The molecular formula is C17H24F3N3O2S. The van der Waals surface area contributed by atoms with Crippen molar-refractivity contribution in [3.05, 3.63) is 41.0 Å². The number of halogens is 3. The predicted molar refractivity (Wildman–Crippen MR) is 95.7 cm³/mol. The van der Waals surface area contributed by atoms with Crippen LogP contribution in [0.4, 0.5) is 13.2 Å². The number of rotatable bonds is 5. The van der Waals surface area contributed by atoms with Crippen LogP contribution in [0.2, 0.25) is 0 Å². The van der Waals surface area contributed by atoms with Gasteiger partial charge in [0.05, 0.1) is 5.56 Å². The minimum Gasteiger partial charge on any atom is -0.297 e. The minimum absolute atomic E-state index is 0.400. The van der Waals surface area contributed by atoms with Crippen molar-refractivity contribution in [3.8, 4) is 0 Å². The summed E-state index contributed by atoms with van der Waals surface area (Å²) < 4.78 is 65.2. The quantitative estimate of drug-likeness (QED) is 0.775. The molecule has 0 aromatic heterocycles. The monoisotopic (exact) mass is 391 g/mol. The molecule has 1 aliphatic rings. The van der Waals surface area contributed by atoms with Crippen molar-refractivity contribution < 1.29 is 21.6 Å². The second-order valence-corrected chi connectivity index (χ2v) is 8.72. The summed E-state index contributed by atoms with van der Waals surface area (Å²) in [4.78, 5) is 2.10. The fourth-order valence-electron chi connectivity index (χ4n) is 2.84. The lowest BCUT2D eigenvalue weighted by Crippen LogP contribution is -2.51. The van der Waals surface area contributed by atoms with Crippen LogP contribution >= 0.6 is 0 Å². The van der Waals surface area contributed by atoms with Gasteiger partial charge in [-0.1, -0.05) is 23.8 Å². The first-order chi connectivity index (χ1) is 12.0. The number of alkyl halides is 3. The highest BCUT2D eigenvalue weighted by atomic mass is 32.2. The smallest absolute Gasteiger partial charge is 0.297 e. The van der Waals surface area contributed by atoms with Gasteiger partial charge in [0.2, 0.25) is 0 Å². The minimum atomic E-state index is -4.36. The molecule has 5 nitrogen and oxygen atoms in total. The van der Waals surface area contributed by atoms with Gasteiger partial charge in [0.25, 0.3) is 10.2 Å². The number of hydrogen-bond donors (Lipinski definition) is 0. The Labute approximate surface area is 152 Å². The van der Waals surface area contributed by atoms with E-state index < -0.39 is 21.9 Å². The van der Waals surface area contributed by atoms with E-state index in [9.17, 15) is 21.6 Å². The fourth-order valence-corrected chi connectivity index (χ4v) is 3.92. The average molecular weight is 391 g/mol. The maximum Gasteiger partial charge on any atom is 0.416 e. The first-order valence-electron chi connectivity index (χ1n) is 8.24. The van der Waals surface area contributed by atoms with Gasteiger partial charge in [-0.15, -0.1) is 0 Å². The van der Waals surface area contributed by atoms with Crippen molar-refractivity contribution in [2.75, 3.05) is 46.8 Å². The van der Waals surface area contributed by atoms with Gasteiger partial charge in [0.1, 0.15) is 0 Å². The van der Waals surface area contributed by atoms with Gasteiger partial charge in [0.15, 0.2) is 0 Å². The van der Waals surface area contributed by atoms with Crippen LogP contribution in [0.3, 0.4) is 0 Å². The zero-order chi connectivity index (χ0) is 19.5. The SMILES string of the molecule is C/C(=C\c1cccc(C(F)(F)F)c1)CN1CCN(S(=O)(=O)N(C)C)CC1. The topological polar surface area (TPSA) is 43.9 Å². The van der Waals surface area contributed by atoms with E-state index in [1.165, 1.54) is 28.8 Å². The lowest BCUT2D eigenvalue weighted by atomic mass is 10.1. The third kappa shape index (κ3) is 5.29.